The number of hydrogen-bond acceptors (Lipinski definition) is 4. The number of anilines is 1. The minimum absolute atomic E-state index is 0.165. The fourth-order valence-electron chi connectivity index (χ4n) is 1.92. The van der Waals surface area contributed by atoms with Crippen LogP contribution in [-0.2, 0) is 9.53 Å². The molecule has 100 valence electrons. The van der Waals surface area contributed by atoms with Gasteiger partial charge in [-0.05, 0) is 37.8 Å². The number of carbonyl (C=O) groups is 1. The van der Waals surface area contributed by atoms with E-state index in [0.717, 1.165) is 12.8 Å². The topological polar surface area (TPSA) is 77.2 Å². The fraction of sp³-hybridized carbons (Fsp3) is 0.429. The van der Waals surface area contributed by atoms with Crippen molar-refractivity contribution in [2.75, 3.05) is 18.5 Å². The second-order valence-corrected chi connectivity index (χ2v) is 4.55. The van der Waals surface area contributed by atoms with Crippen LogP contribution < -0.4 is 11.1 Å². The predicted molar refractivity (Wildman–Crippen MR) is 72.4 cm³/mol. The Labute approximate surface area is 112 Å². The van der Waals surface area contributed by atoms with Gasteiger partial charge in [-0.15, -0.1) is 0 Å². The quantitative estimate of drug-likeness (QED) is 0.774. The molecule has 1 atom stereocenters. The third-order valence-corrected chi connectivity index (χ3v) is 3.01. The molecule has 1 amide bonds. The number of aromatic nitrogens is 1. The third-order valence-electron chi connectivity index (χ3n) is 3.01. The van der Waals surface area contributed by atoms with E-state index in [1.54, 1.807) is 25.1 Å². The highest BCUT2D eigenvalue weighted by molar-refractivity contribution is 5.96. The lowest BCUT2D eigenvalue weighted by Gasteiger charge is -2.21. The van der Waals surface area contributed by atoms with Crippen LogP contribution in [0.4, 0.5) is 5.82 Å². The Balaban J connectivity index is 2.08. The zero-order chi connectivity index (χ0) is 13.7. The average molecular weight is 259 g/mol. The van der Waals surface area contributed by atoms with Gasteiger partial charge in [0.15, 0.2) is 0 Å². The van der Waals surface area contributed by atoms with E-state index >= 15 is 0 Å². The molecule has 1 saturated heterocycles. The van der Waals surface area contributed by atoms with Crippen LogP contribution in [0.5, 0.6) is 0 Å². The molecule has 0 saturated carbocycles. The third kappa shape index (κ3) is 3.31. The molecule has 1 aliphatic heterocycles. The summed E-state index contributed by atoms with van der Waals surface area (Å²) in [7, 11) is 0. The first-order chi connectivity index (χ1) is 9.14. The van der Waals surface area contributed by atoms with Gasteiger partial charge in [-0.1, -0.05) is 12.0 Å². The van der Waals surface area contributed by atoms with Gasteiger partial charge in [0.25, 0.3) is 5.91 Å². The molecule has 2 heterocycles. The van der Waals surface area contributed by atoms with Crippen LogP contribution in [0.25, 0.3) is 0 Å². The number of pyridine rings is 1. The second-order valence-electron chi connectivity index (χ2n) is 4.55. The van der Waals surface area contributed by atoms with Crippen LogP contribution in [0.15, 0.2) is 18.2 Å². The molecule has 0 aromatic carbocycles. The first-order valence-corrected chi connectivity index (χ1v) is 6.25. The van der Waals surface area contributed by atoms with Crippen LogP contribution in [-0.4, -0.2) is 29.6 Å². The summed E-state index contributed by atoms with van der Waals surface area (Å²) in [6.07, 6.45) is 1.63. The van der Waals surface area contributed by atoms with Crippen molar-refractivity contribution >= 4 is 11.7 Å². The maximum atomic E-state index is 12.1. The van der Waals surface area contributed by atoms with Crippen LogP contribution in [0.2, 0.25) is 0 Å². The van der Waals surface area contributed by atoms with Crippen molar-refractivity contribution in [1.82, 2.24) is 4.98 Å². The lowest BCUT2D eigenvalue weighted by Crippen LogP contribution is -2.39. The molecule has 1 aromatic heterocycles. The zero-order valence-electron chi connectivity index (χ0n) is 10.9. The molecule has 0 spiro atoms. The summed E-state index contributed by atoms with van der Waals surface area (Å²) < 4.78 is 5.49. The van der Waals surface area contributed by atoms with Crippen LogP contribution in [0.3, 0.4) is 0 Å². The molecule has 1 unspecified atom stereocenters. The molecule has 2 rings (SSSR count). The highest BCUT2D eigenvalue weighted by Crippen LogP contribution is 2.26. The summed E-state index contributed by atoms with van der Waals surface area (Å²) in [4.78, 5) is 16.4. The number of nitrogens with two attached hydrogens (primary N) is 1. The summed E-state index contributed by atoms with van der Waals surface area (Å²) in [6.45, 7) is 2.71. The smallest absolute Gasteiger partial charge is 0.257 e. The van der Waals surface area contributed by atoms with Gasteiger partial charge in [0, 0.05) is 6.61 Å². The van der Waals surface area contributed by atoms with E-state index in [9.17, 15) is 4.79 Å². The van der Waals surface area contributed by atoms with E-state index in [-0.39, 0.29) is 12.5 Å². The van der Waals surface area contributed by atoms with Gasteiger partial charge in [0.2, 0.25) is 0 Å². The van der Waals surface area contributed by atoms with Gasteiger partial charge in [-0.2, -0.15) is 0 Å². The van der Waals surface area contributed by atoms with Gasteiger partial charge < -0.3 is 15.8 Å². The largest absolute Gasteiger partial charge is 0.365 e. The Hall–Kier alpha value is -1.90. The number of ether oxygens (including phenoxy) is 1. The predicted octanol–water partition coefficient (Wildman–Crippen LogP) is 0.899. The SMILES string of the molecule is CC1(C(=O)Nc2cccc(C#CCN)n2)CCCO1. The molecule has 0 aliphatic carbocycles. The Bertz CT molecular complexity index is 525. The monoisotopic (exact) mass is 259 g/mol. The zero-order valence-corrected chi connectivity index (χ0v) is 10.9. The summed E-state index contributed by atoms with van der Waals surface area (Å²) in [5.74, 6) is 5.87. The van der Waals surface area contributed by atoms with Gasteiger partial charge >= 0.3 is 0 Å². The van der Waals surface area contributed by atoms with Gasteiger partial charge in [-0.3, -0.25) is 4.79 Å². The molecule has 19 heavy (non-hydrogen) atoms. The molecule has 0 bridgehead atoms. The van der Waals surface area contributed by atoms with E-state index < -0.39 is 5.60 Å². The Kier molecular flexibility index (Phi) is 4.15. The van der Waals surface area contributed by atoms with Crippen LogP contribution in [0.1, 0.15) is 25.5 Å². The number of rotatable bonds is 2. The van der Waals surface area contributed by atoms with Crippen LogP contribution in [0, 0.1) is 11.8 Å². The van der Waals surface area contributed by atoms with Crippen molar-refractivity contribution < 1.29 is 9.53 Å². The molecule has 3 N–H and O–H groups in total. The number of nitrogens with one attached hydrogen (secondary N) is 1. The van der Waals surface area contributed by atoms with E-state index in [2.05, 4.69) is 22.1 Å². The molecular formula is C14H17N3O2. The van der Waals surface area contributed by atoms with E-state index in [1.807, 2.05) is 0 Å². The minimum atomic E-state index is -0.749. The van der Waals surface area contributed by atoms with Crippen molar-refractivity contribution in [1.29, 1.82) is 0 Å². The number of nitrogens with zero attached hydrogens (tertiary/aromatic N) is 1. The molecule has 1 aromatic rings. The highest BCUT2D eigenvalue weighted by Gasteiger charge is 2.37. The second kappa shape index (κ2) is 5.83. The first kappa shape index (κ1) is 13.5. The number of amides is 1. The molecule has 0 radical (unpaired) electrons. The van der Waals surface area contributed by atoms with E-state index in [1.165, 1.54) is 0 Å². The highest BCUT2D eigenvalue weighted by atomic mass is 16.5. The summed E-state index contributed by atoms with van der Waals surface area (Å²) in [5.41, 5.74) is 5.14. The molecule has 1 aliphatic rings. The summed E-state index contributed by atoms with van der Waals surface area (Å²) in [6, 6.07) is 5.29. The van der Waals surface area contributed by atoms with E-state index in [0.29, 0.717) is 18.1 Å². The number of hydrogen-bond donors (Lipinski definition) is 2. The van der Waals surface area contributed by atoms with Crippen molar-refractivity contribution in [3.8, 4) is 11.8 Å². The first-order valence-electron chi connectivity index (χ1n) is 6.25. The molecule has 1 fully saturated rings. The Morgan fingerprint density at radius 2 is 2.47 bits per heavy atom. The minimum Gasteiger partial charge on any atom is -0.365 e. The lowest BCUT2D eigenvalue weighted by molar-refractivity contribution is -0.133. The maximum absolute atomic E-state index is 12.1. The fourth-order valence-corrected chi connectivity index (χ4v) is 1.92. The lowest BCUT2D eigenvalue weighted by atomic mass is 10.0. The van der Waals surface area contributed by atoms with Crippen molar-refractivity contribution in [2.24, 2.45) is 5.73 Å². The van der Waals surface area contributed by atoms with Crippen molar-refractivity contribution in [3.63, 3.8) is 0 Å². The Morgan fingerprint density at radius 3 is 3.16 bits per heavy atom. The number of carbonyl (C=O) groups excluding carboxylic acids is 1. The molecular weight excluding hydrogens is 242 g/mol. The van der Waals surface area contributed by atoms with E-state index in [4.69, 9.17) is 10.5 Å². The normalized spacial score (nSPS) is 21.6. The van der Waals surface area contributed by atoms with Gasteiger partial charge in [0.05, 0.1) is 6.54 Å². The molecule has 5 heteroatoms. The maximum Gasteiger partial charge on any atom is 0.257 e. The summed E-state index contributed by atoms with van der Waals surface area (Å²) >= 11 is 0. The van der Waals surface area contributed by atoms with Gasteiger partial charge in [-0.25, -0.2) is 4.98 Å². The van der Waals surface area contributed by atoms with Gasteiger partial charge in [0.1, 0.15) is 17.1 Å². The van der Waals surface area contributed by atoms with Crippen molar-refractivity contribution in [3.05, 3.63) is 23.9 Å². The summed E-state index contributed by atoms with van der Waals surface area (Å²) in [5, 5.41) is 2.77. The van der Waals surface area contributed by atoms with Crippen LogP contribution >= 0.6 is 0 Å². The standard InChI is InChI=1S/C14H17N3O2/c1-14(8-4-10-19-14)13(18)17-12-7-2-5-11(16-12)6-3-9-15/h2,5,7H,4,8-10,15H2,1H3,(H,16,17,18). The molecule has 5 nitrogen and oxygen atoms in total. The van der Waals surface area contributed by atoms with Crippen molar-refractivity contribution in [2.45, 2.75) is 25.4 Å². The average Bonchev–Trinajstić information content (AvgIpc) is 2.85. The Morgan fingerprint density at radius 1 is 1.63 bits per heavy atom.